The van der Waals surface area contributed by atoms with Crippen LogP contribution >= 0.6 is 0 Å². The number of fused-ring (bicyclic) bond motifs is 1. The van der Waals surface area contributed by atoms with E-state index in [1.807, 2.05) is 42.5 Å². The van der Waals surface area contributed by atoms with E-state index in [2.05, 4.69) is 15.6 Å². The van der Waals surface area contributed by atoms with Gasteiger partial charge in [0.2, 0.25) is 0 Å². The second-order valence-corrected chi connectivity index (χ2v) is 5.14. The van der Waals surface area contributed by atoms with Crippen LogP contribution in [0.1, 0.15) is 11.4 Å². The lowest BCUT2D eigenvalue weighted by Crippen LogP contribution is -2.08. The number of hydrogen-bond acceptors (Lipinski definition) is 3. The molecule has 3 rings (SSSR count). The first kappa shape index (κ1) is 13.6. The minimum Gasteiger partial charge on any atom is -0.399 e. The van der Waals surface area contributed by atoms with Gasteiger partial charge in [0.1, 0.15) is 5.82 Å². The van der Waals surface area contributed by atoms with Gasteiger partial charge >= 0.3 is 0 Å². The minimum absolute atomic E-state index is 0.117. The third-order valence-electron chi connectivity index (χ3n) is 3.65. The number of nitrogens with two attached hydrogens (primary N) is 1. The highest BCUT2D eigenvalue weighted by Crippen LogP contribution is 2.18. The maximum Gasteiger partial charge on any atom is 0.110 e. The molecule has 0 saturated heterocycles. The predicted molar refractivity (Wildman–Crippen MR) is 85.1 cm³/mol. The molecule has 1 heterocycles. The molecule has 1 aromatic heterocycles. The summed E-state index contributed by atoms with van der Waals surface area (Å²) in [5, 5.41) is 9.28. The maximum absolute atomic E-state index is 9.28. The molecular weight excluding hydrogens is 262 g/mol. The van der Waals surface area contributed by atoms with Gasteiger partial charge in [0.05, 0.1) is 17.6 Å². The van der Waals surface area contributed by atoms with Gasteiger partial charge in [-0.05, 0) is 36.2 Å². The fourth-order valence-electron chi connectivity index (χ4n) is 2.67. The van der Waals surface area contributed by atoms with E-state index in [0.29, 0.717) is 6.54 Å². The smallest absolute Gasteiger partial charge is 0.110 e. The summed E-state index contributed by atoms with van der Waals surface area (Å²) in [6.45, 7) is 0.693. The first-order chi connectivity index (χ1) is 10.3. The van der Waals surface area contributed by atoms with E-state index in [9.17, 15) is 5.11 Å². The fraction of sp³-hybridized carbons (Fsp3) is 0.235. The number of nitrogens with zero attached hydrogens (tertiary/aromatic N) is 2. The van der Waals surface area contributed by atoms with E-state index in [1.165, 1.54) is 5.56 Å². The monoisotopic (exact) mass is 281 g/mol. The van der Waals surface area contributed by atoms with Crippen LogP contribution in [0.25, 0.3) is 11.0 Å². The summed E-state index contributed by atoms with van der Waals surface area (Å²) in [6, 6.07) is 16.0. The third-order valence-corrected chi connectivity index (χ3v) is 3.65. The standard InChI is InChI=1S/C17H19N3O/c18-14-5-3-4-13(12-14)8-9-17-19-15-6-1-2-7-16(15)20(17)10-11-21/h1-7,12,21H,8-11,18H2. The van der Waals surface area contributed by atoms with Gasteiger partial charge < -0.3 is 15.4 Å². The van der Waals surface area contributed by atoms with Crippen molar-refractivity contribution in [3.63, 3.8) is 0 Å². The Balaban J connectivity index is 1.87. The molecule has 0 unspecified atom stereocenters. The molecule has 0 aliphatic carbocycles. The van der Waals surface area contributed by atoms with Crippen molar-refractivity contribution in [3.05, 3.63) is 59.9 Å². The van der Waals surface area contributed by atoms with Crippen LogP contribution in [0.4, 0.5) is 5.69 Å². The summed E-state index contributed by atoms with van der Waals surface area (Å²) in [7, 11) is 0. The number of aliphatic hydroxyl groups is 1. The largest absolute Gasteiger partial charge is 0.399 e. The molecule has 2 aromatic carbocycles. The summed E-state index contributed by atoms with van der Waals surface area (Å²) in [4.78, 5) is 4.69. The molecule has 4 nitrogen and oxygen atoms in total. The van der Waals surface area contributed by atoms with Crippen LogP contribution < -0.4 is 5.73 Å². The number of hydrogen-bond donors (Lipinski definition) is 2. The zero-order valence-corrected chi connectivity index (χ0v) is 11.9. The number of rotatable bonds is 5. The van der Waals surface area contributed by atoms with E-state index in [1.54, 1.807) is 0 Å². The molecule has 0 amide bonds. The maximum atomic E-state index is 9.28. The van der Waals surface area contributed by atoms with E-state index in [0.717, 1.165) is 35.4 Å². The molecule has 3 N–H and O–H groups in total. The van der Waals surface area contributed by atoms with Crippen molar-refractivity contribution in [2.75, 3.05) is 12.3 Å². The van der Waals surface area contributed by atoms with Crippen LogP contribution in [-0.2, 0) is 19.4 Å². The van der Waals surface area contributed by atoms with Gasteiger partial charge in [0.15, 0.2) is 0 Å². The molecular formula is C17H19N3O. The van der Waals surface area contributed by atoms with Crippen molar-refractivity contribution >= 4 is 16.7 Å². The Kier molecular flexibility index (Phi) is 3.88. The van der Waals surface area contributed by atoms with Crippen LogP contribution in [0.5, 0.6) is 0 Å². The molecule has 0 bridgehead atoms. The average molecular weight is 281 g/mol. The molecule has 0 aliphatic rings. The van der Waals surface area contributed by atoms with Gasteiger partial charge in [0.25, 0.3) is 0 Å². The number of imidazole rings is 1. The summed E-state index contributed by atoms with van der Waals surface area (Å²) < 4.78 is 2.10. The van der Waals surface area contributed by atoms with Crippen LogP contribution in [0.3, 0.4) is 0 Å². The van der Waals surface area contributed by atoms with Gasteiger partial charge in [-0.3, -0.25) is 0 Å². The van der Waals surface area contributed by atoms with Crippen molar-refractivity contribution in [1.29, 1.82) is 0 Å². The average Bonchev–Trinajstić information content (AvgIpc) is 2.84. The number of aryl methyl sites for hydroxylation is 2. The Morgan fingerprint density at radius 1 is 1.05 bits per heavy atom. The van der Waals surface area contributed by atoms with Gasteiger partial charge in [0, 0.05) is 18.7 Å². The number of aliphatic hydroxyl groups excluding tert-OH is 1. The van der Waals surface area contributed by atoms with Crippen molar-refractivity contribution in [2.24, 2.45) is 0 Å². The molecule has 4 heteroatoms. The van der Waals surface area contributed by atoms with Gasteiger partial charge in [-0.1, -0.05) is 24.3 Å². The van der Waals surface area contributed by atoms with E-state index < -0.39 is 0 Å². The van der Waals surface area contributed by atoms with Gasteiger partial charge in [-0.15, -0.1) is 0 Å². The Morgan fingerprint density at radius 2 is 1.90 bits per heavy atom. The molecule has 0 saturated carbocycles. The van der Waals surface area contributed by atoms with Crippen molar-refractivity contribution in [2.45, 2.75) is 19.4 Å². The molecule has 0 atom stereocenters. The summed E-state index contributed by atoms with van der Waals surface area (Å²) in [5.41, 5.74) is 9.86. The minimum atomic E-state index is 0.117. The second kappa shape index (κ2) is 5.97. The number of aromatic nitrogens is 2. The summed E-state index contributed by atoms with van der Waals surface area (Å²) >= 11 is 0. The molecule has 3 aromatic rings. The fourth-order valence-corrected chi connectivity index (χ4v) is 2.67. The normalized spacial score (nSPS) is 11.1. The zero-order chi connectivity index (χ0) is 14.7. The topological polar surface area (TPSA) is 64.1 Å². The van der Waals surface area contributed by atoms with Crippen molar-refractivity contribution in [3.8, 4) is 0 Å². The van der Waals surface area contributed by atoms with Gasteiger partial charge in [-0.25, -0.2) is 4.98 Å². The van der Waals surface area contributed by atoms with E-state index in [4.69, 9.17) is 5.73 Å². The SMILES string of the molecule is Nc1cccc(CCc2nc3ccccc3n2CCO)c1. The van der Waals surface area contributed by atoms with Crippen LogP contribution in [0.2, 0.25) is 0 Å². The van der Waals surface area contributed by atoms with Gasteiger partial charge in [-0.2, -0.15) is 0 Å². The quantitative estimate of drug-likeness (QED) is 0.706. The Morgan fingerprint density at radius 3 is 2.71 bits per heavy atom. The Bertz CT molecular complexity index is 749. The zero-order valence-electron chi connectivity index (χ0n) is 11.9. The number of para-hydroxylation sites is 2. The van der Waals surface area contributed by atoms with E-state index >= 15 is 0 Å². The highest BCUT2D eigenvalue weighted by atomic mass is 16.3. The molecule has 0 spiro atoms. The molecule has 0 aliphatic heterocycles. The molecule has 108 valence electrons. The highest BCUT2D eigenvalue weighted by molar-refractivity contribution is 5.75. The summed E-state index contributed by atoms with van der Waals surface area (Å²) in [6.07, 6.45) is 1.72. The van der Waals surface area contributed by atoms with Crippen molar-refractivity contribution < 1.29 is 5.11 Å². The molecule has 21 heavy (non-hydrogen) atoms. The predicted octanol–water partition coefficient (Wildman–Crippen LogP) is 2.40. The van der Waals surface area contributed by atoms with Crippen LogP contribution in [0.15, 0.2) is 48.5 Å². The number of benzene rings is 2. The first-order valence-electron chi connectivity index (χ1n) is 7.17. The molecule has 0 fully saturated rings. The lowest BCUT2D eigenvalue weighted by molar-refractivity contribution is 0.276. The van der Waals surface area contributed by atoms with Crippen LogP contribution in [-0.4, -0.2) is 21.3 Å². The Hall–Kier alpha value is -2.33. The van der Waals surface area contributed by atoms with Crippen LogP contribution in [0, 0.1) is 0 Å². The van der Waals surface area contributed by atoms with Crippen molar-refractivity contribution in [1.82, 2.24) is 9.55 Å². The number of anilines is 1. The molecule has 0 radical (unpaired) electrons. The third kappa shape index (κ3) is 2.90. The lowest BCUT2D eigenvalue weighted by atomic mass is 10.1. The number of nitrogen functional groups attached to an aromatic ring is 1. The highest BCUT2D eigenvalue weighted by Gasteiger charge is 2.09. The van der Waals surface area contributed by atoms with E-state index in [-0.39, 0.29) is 6.61 Å². The Labute approximate surface area is 123 Å². The first-order valence-corrected chi connectivity index (χ1v) is 7.17. The summed E-state index contributed by atoms with van der Waals surface area (Å²) in [5.74, 6) is 1.01. The second-order valence-electron chi connectivity index (χ2n) is 5.14. The lowest BCUT2D eigenvalue weighted by Gasteiger charge is -2.07.